The predicted molar refractivity (Wildman–Crippen MR) is 44.4 cm³/mol. The predicted octanol–water partition coefficient (Wildman–Crippen LogP) is -0.765. The molecule has 1 fully saturated rings. The number of rotatable bonds is 3. The number of ether oxygens (including phenoxy) is 1. The van der Waals surface area contributed by atoms with Crippen LogP contribution in [0.1, 0.15) is 13.3 Å². The molecule has 0 aromatic rings. The summed E-state index contributed by atoms with van der Waals surface area (Å²) < 4.78 is 4.56. The third-order valence-electron chi connectivity index (χ3n) is 2.03. The number of carbonyl (C=O) groups is 3. The highest BCUT2D eigenvalue weighted by Gasteiger charge is 2.32. The number of amides is 1. The molecule has 1 aliphatic heterocycles. The molecule has 1 N–H and O–H groups in total. The van der Waals surface area contributed by atoms with Gasteiger partial charge in [0.15, 0.2) is 6.61 Å². The SMILES string of the molecule is CC1C(=O)OCC(=O)N1CCC(=O)O. The van der Waals surface area contributed by atoms with Crippen LogP contribution in [0, 0.1) is 0 Å². The molecule has 1 atom stereocenters. The maximum Gasteiger partial charge on any atom is 0.329 e. The zero-order chi connectivity index (χ0) is 10.7. The molecule has 1 heterocycles. The molecule has 0 bridgehead atoms. The third kappa shape index (κ3) is 2.21. The zero-order valence-corrected chi connectivity index (χ0v) is 7.73. The monoisotopic (exact) mass is 201 g/mol. The summed E-state index contributed by atoms with van der Waals surface area (Å²) in [6.45, 7) is 1.27. The summed E-state index contributed by atoms with van der Waals surface area (Å²) in [5.74, 6) is -1.84. The second kappa shape index (κ2) is 4.08. The number of morpholine rings is 1. The standard InChI is InChI=1S/C8H11NO5/c1-5-8(13)14-4-6(10)9(5)3-2-7(11)12/h5H,2-4H2,1H3,(H,11,12). The number of hydrogen-bond acceptors (Lipinski definition) is 4. The Hall–Kier alpha value is -1.59. The van der Waals surface area contributed by atoms with Crippen molar-refractivity contribution < 1.29 is 24.2 Å². The summed E-state index contributed by atoms with van der Waals surface area (Å²) >= 11 is 0. The van der Waals surface area contributed by atoms with E-state index >= 15 is 0 Å². The van der Waals surface area contributed by atoms with Gasteiger partial charge in [0, 0.05) is 6.54 Å². The normalized spacial score (nSPS) is 22.1. The van der Waals surface area contributed by atoms with Crippen LogP contribution in [0.4, 0.5) is 0 Å². The van der Waals surface area contributed by atoms with E-state index in [1.165, 1.54) is 11.8 Å². The zero-order valence-electron chi connectivity index (χ0n) is 7.73. The summed E-state index contributed by atoms with van der Waals surface area (Å²) in [5, 5.41) is 8.43. The number of cyclic esters (lactones) is 1. The van der Waals surface area contributed by atoms with Crippen molar-refractivity contribution in [3.63, 3.8) is 0 Å². The summed E-state index contributed by atoms with van der Waals surface area (Å²) in [7, 11) is 0. The van der Waals surface area contributed by atoms with E-state index in [0.29, 0.717) is 0 Å². The van der Waals surface area contributed by atoms with Gasteiger partial charge in [0.05, 0.1) is 6.42 Å². The van der Waals surface area contributed by atoms with Gasteiger partial charge in [0.25, 0.3) is 5.91 Å². The van der Waals surface area contributed by atoms with Gasteiger partial charge in [0.1, 0.15) is 6.04 Å². The molecule has 1 aliphatic rings. The van der Waals surface area contributed by atoms with E-state index in [1.54, 1.807) is 0 Å². The lowest BCUT2D eigenvalue weighted by molar-refractivity contribution is -0.168. The minimum Gasteiger partial charge on any atom is -0.481 e. The highest BCUT2D eigenvalue weighted by Crippen LogP contribution is 2.09. The lowest BCUT2D eigenvalue weighted by Crippen LogP contribution is -2.51. The highest BCUT2D eigenvalue weighted by molar-refractivity contribution is 5.90. The second-order valence-electron chi connectivity index (χ2n) is 3.01. The van der Waals surface area contributed by atoms with Crippen LogP contribution in [0.15, 0.2) is 0 Å². The van der Waals surface area contributed by atoms with Crippen LogP contribution in [0.25, 0.3) is 0 Å². The largest absolute Gasteiger partial charge is 0.481 e. The Labute approximate surface area is 80.4 Å². The first-order valence-corrected chi connectivity index (χ1v) is 4.20. The molecule has 1 unspecified atom stereocenters. The summed E-state index contributed by atoms with van der Waals surface area (Å²) in [6, 6.07) is -0.685. The van der Waals surface area contributed by atoms with Crippen LogP contribution < -0.4 is 0 Å². The first-order chi connectivity index (χ1) is 6.52. The number of nitrogens with zero attached hydrogens (tertiary/aromatic N) is 1. The molecule has 0 aromatic heterocycles. The number of carboxylic acids is 1. The Morgan fingerprint density at radius 1 is 1.64 bits per heavy atom. The molecule has 0 radical (unpaired) electrons. The van der Waals surface area contributed by atoms with Gasteiger partial charge in [-0.2, -0.15) is 0 Å². The van der Waals surface area contributed by atoms with Gasteiger partial charge in [0.2, 0.25) is 0 Å². The quantitative estimate of drug-likeness (QED) is 0.606. The number of aliphatic carboxylic acids is 1. The van der Waals surface area contributed by atoms with E-state index in [2.05, 4.69) is 4.74 Å². The lowest BCUT2D eigenvalue weighted by atomic mass is 10.2. The van der Waals surface area contributed by atoms with Crippen molar-refractivity contribution in [3.8, 4) is 0 Å². The van der Waals surface area contributed by atoms with E-state index in [1.807, 2.05) is 0 Å². The summed E-state index contributed by atoms with van der Waals surface area (Å²) in [5.41, 5.74) is 0. The summed E-state index contributed by atoms with van der Waals surface area (Å²) in [4.78, 5) is 33.8. The summed E-state index contributed by atoms with van der Waals surface area (Å²) in [6.07, 6.45) is -0.163. The van der Waals surface area contributed by atoms with Crippen LogP contribution in [0.5, 0.6) is 0 Å². The Bertz CT molecular complexity index is 275. The average molecular weight is 201 g/mol. The van der Waals surface area contributed by atoms with Crippen molar-refractivity contribution in [2.45, 2.75) is 19.4 Å². The van der Waals surface area contributed by atoms with Crippen molar-refractivity contribution in [1.82, 2.24) is 4.90 Å². The van der Waals surface area contributed by atoms with Gasteiger partial charge in [-0.15, -0.1) is 0 Å². The topological polar surface area (TPSA) is 83.9 Å². The minimum atomic E-state index is -0.996. The van der Waals surface area contributed by atoms with Crippen LogP contribution >= 0.6 is 0 Å². The number of esters is 1. The molecule has 78 valence electrons. The van der Waals surface area contributed by atoms with Crippen LogP contribution in [-0.4, -0.2) is 47.0 Å². The Morgan fingerprint density at radius 2 is 2.29 bits per heavy atom. The average Bonchev–Trinajstić information content (AvgIpc) is 2.11. The Morgan fingerprint density at radius 3 is 2.86 bits per heavy atom. The van der Waals surface area contributed by atoms with Gasteiger partial charge < -0.3 is 14.7 Å². The van der Waals surface area contributed by atoms with E-state index in [-0.39, 0.29) is 25.5 Å². The highest BCUT2D eigenvalue weighted by atomic mass is 16.5. The van der Waals surface area contributed by atoms with Crippen LogP contribution in [-0.2, 0) is 19.1 Å². The van der Waals surface area contributed by atoms with Crippen LogP contribution in [0.2, 0.25) is 0 Å². The molecule has 0 aromatic carbocycles. The molecule has 1 rings (SSSR count). The van der Waals surface area contributed by atoms with Gasteiger partial charge >= 0.3 is 11.9 Å². The van der Waals surface area contributed by atoms with Crippen molar-refractivity contribution in [1.29, 1.82) is 0 Å². The smallest absolute Gasteiger partial charge is 0.329 e. The Balaban J connectivity index is 2.58. The molecular weight excluding hydrogens is 190 g/mol. The van der Waals surface area contributed by atoms with E-state index in [0.717, 1.165) is 0 Å². The fourth-order valence-corrected chi connectivity index (χ4v) is 1.21. The molecule has 0 saturated carbocycles. The fourth-order valence-electron chi connectivity index (χ4n) is 1.21. The molecule has 14 heavy (non-hydrogen) atoms. The minimum absolute atomic E-state index is 0.0461. The molecule has 0 spiro atoms. The maximum atomic E-state index is 11.2. The molecular formula is C8H11NO5. The molecule has 1 saturated heterocycles. The van der Waals surface area contributed by atoms with Crippen molar-refractivity contribution >= 4 is 17.8 Å². The van der Waals surface area contributed by atoms with Gasteiger partial charge in [-0.05, 0) is 6.92 Å². The lowest BCUT2D eigenvalue weighted by Gasteiger charge is -2.31. The molecule has 0 aliphatic carbocycles. The number of carboxylic acid groups (broad SMARTS) is 1. The van der Waals surface area contributed by atoms with Gasteiger partial charge in [-0.1, -0.05) is 0 Å². The van der Waals surface area contributed by atoms with Gasteiger partial charge in [-0.25, -0.2) is 4.79 Å². The first-order valence-electron chi connectivity index (χ1n) is 4.20. The van der Waals surface area contributed by atoms with Crippen molar-refractivity contribution in [2.24, 2.45) is 0 Å². The maximum absolute atomic E-state index is 11.2. The second-order valence-corrected chi connectivity index (χ2v) is 3.01. The van der Waals surface area contributed by atoms with Gasteiger partial charge in [-0.3, -0.25) is 9.59 Å². The van der Waals surface area contributed by atoms with E-state index < -0.39 is 18.0 Å². The fraction of sp³-hybridized carbons (Fsp3) is 0.625. The number of hydrogen-bond donors (Lipinski definition) is 1. The Kier molecular flexibility index (Phi) is 3.06. The van der Waals surface area contributed by atoms with Crippen LogP contribution in [0.3, 0.4) is 0 Å². The molecule has 6 heteroatoms. The molecule has 6 nitrogen and oxygen atoms in total. The van der Waals surface area contributed by atoms with E-state index in [4.69, 9.17) is 5.11 Å². The van der Waals surface area contributed by atoms with Crippen molar-refractivity contribution in [3.05, 3.63) is 0 Å². The molecule has 1 amide bonds. The van der Waals surface area contributed by atoms with E-state index in [9.17, 15) is 14.4 Å². The third-order valence-corrected chi connectivity index (χ3v) is 2.03. The first kappa shape index (κ1) is 10.5. The number of carbonyl (C=O) groups excluding carboxylic acids is 2. The van der Waals surface area contributed by atoms with Crippen molar-refractivity contribution in [2.75, 3.05) is 13.2 Å².